The summed E-state index contributed by atoms with van der Waals surface area (Å²) in [6.07, 6.45) is 8.28. The molecule has 0 radical (unpaired) electrons. The Morgan fingerprint density at radius 2 is 2.04 bits per heavy atom. The average molecular weight is 311 g/mol. The van der Waals surface area contributed by atoms with E-state index >= 15 is 0 Å². The van der Waals surface area contributed by atoms with Crippen LogP contribution < -0.4 is 5.46 Å². The highest BCUT2D eigenvalue weighted by Gasteiger charge is 2.17. The Morgan fingerprint density at radius 1 is 1.35 bits per heavy atom. The summed E-state index contributed by atoms with van der Waals surface area (Å²) in [4.78, 5) is 3.95. The number of hydrogen-bond donors (Lipinski definition) is 2. The first-order valence-electron chi connectivity index (χ1n) is 7.49. The SMILES string of the molecule is C=C(/C=C\[N+](=C)Cc1ccccc1B(O)O)/C(=C/C=NC)CC. The van der Waals surface area contributed by atoms with Gasteiger partial charge in [0.25, 0.3) is 0 Å². The maximum Gasteiger partial charge on any atom is 0.488 e. The Morgan fingerprint density at radius 3 is 2.65 bits per heavy atom. The van der Waals surface area contributed by atoms with Crippen LogP contribution in [0.5, 0.6) is 0 Å². The molecule has 0 saturated carbocycles. The first-order chi connectivity index (χ1) is 11.0. The molecular formula is C18H24BN2O2+. The summed E-state index contributed by atoms with van der Waals surface area (Å²) in [5, 5.41) is 18.8. The van der Waals surface area contributed by atoms with Crippen LogP contribution >= 0.6 is 0 Å². The zero-order valence-corrected chi connectivity index (χ0v) is 13.8. The number of benzene rings is 1. The molecule has 0 fully saturated rings. The Balaban J connectivity index is 2.79. The van der Waals surface area contributed by atoms with Gasteiger partial charge in [0.2, 0.25) is 0 Å². The van der Waals surface area contributed by atoms with Gasteiger partial charge in [-0.05, 0) is 29.1 Å². The van der Waals surface area contributed by atoms with Gasteiger partial charge in [0.15, 0.2) is 12.7 Å². The fourth-order valence-corrected chi connectivity index (χ4v) is 2.12. The van der Waals surface area contributed by atoms with Crippen molar-refractivity contribution < 1.29 is 14.6 Å². The smallest absolute Gasteiger partial charge is 0.423 e. The fourth-order valence-electron chi connectivity index (χ4n) is 2.12. The first kappa shape index (κ1) is 18.8. The molecule has 0 aliphatic heterocycles. The van der Waals surface area contributed by atoms with E-state index in [2.05, 4.69) is 25.2 Å². The molecule has 0 bridgehead atoms. The first-order valence-corrected chi connectivity index (χ1v) is 7.49. The van der Waals surface area contributed by atoms with Crippen LogP contribution in [0.15, 0.2) is 65.3 Å². The summed E-state index contributed by atoms with van der Waals surface area (Å²) in [5.74, 6) is 0. The van der Waals surface area contributed by atoms with Gasteiger partial charge in [-0.15, -0.1) is 0 Å². The summed E-state index contributed by atoms with van der Waals surface area (Å²) in [7, 11) is 0.245. The van der Waals surface area contributed by atoms with E-state index in [0.29, 0.717) is 12.0 Å². The zero-order chi connectivity index (χ0) is 17.2. The van der Waals surface area contributed by atoms with Crippen LogP contribution in [0.4, 0.5) is 0 Å². The van der Waals surface area contributed by atoms with Gasteiger partial charge in [0.1, 0.15) is 6.72 Å². The number of rotatable bonds is 8. The van der Waals surface area contributed by atoms with Crippen molar-refractivity contribution in [3.63, 3.8) is 0 Å². The van der Waals surface area contributed by atoms with Crippen LogP contribution in [0.2, 0.25) is 0 Å². The molecule has 1 aromatic carbocycles. The van der Waals surface area contributed by atoms with E-state index in [1.54, 1.807) is 30.0 Å². The van der Waals surface area contributed by atoms with Crippen molar-refractivity contribution in [2.45, 2.75) is 19.9 Å². The van der Waals surface area contributed by atoms with Crippen molar-refractivity contribution in [3.05, 3.63) is 65.9 Å². The van der Waals surface area contributed by atoms with Gasteiger partial charge in [-0.3, -0.25) is 4.99 Å². The number of aliphatic imine (C=N–C) groups is 1. The van der Waals surface area contributed by atoms with Crippen LogP contribution in [-0.4, -0.2) is 41.7 Å². The minimum Gasteiger partial charge on any atom is -0.423 e. The summed E-state index contributed by atoms with van der Waals surface area (Å²) in [6, 6.07) is 7.18. The standard InChI is InChI=1S/C18H24BN2O2/c1-5-16(10-12-20-3)15(2)11-13-21(4)14-17-8-6-7-9-18(17)19(22)23/h6-13,22-23H,2,4-5,14H2,1,3H3/q+1/b13-11-,16-10+,20-12?. The maximum atomic E-state index is 9.39. The molecule has 5 heteroatoms. The van der Waals surface area contributed by atoms with Gasteiger partial charge < -0.3 is 10.0 Å². The lowest BCUT2D eigenvalue weighted by Gasteiger charge is -2.06. The molecule has 2 N–H and O–H groups in total. The molecular weight excluding hydrogens is 287 g/mol. The van der Waals surface area contributed by atoms with E-state index in [0.717, 1.165) is 23.1 Å². The second kappa shape index (κ2) is 9.72. The van der Waals surface area contributed by atoms with Gasteiger partial charge in [0.05, 0.1) is 0 Å². The predicted molar refractivity (Wildman–Crippen MR) is 98.4 cm³/mol. The van der Waals surface area contributed by atoms with Crippen molar-refractivity contribution in [2.24, 2.45) is 4.99 Å². The highest BCUT2D eigenvalue weighted by atomic mass is 16.4. The lowest BCUT2D eigenvalue weighted by atomic mass is 9.77. The van der Waals surface area contributed by atoms with Crippen molar-refractivity contribution in [2.75, 3.05) is 7.05 Å². The highest BCUT2D eigenvalue weighted by molar-refractivity contribution is 6.59. The van der Waals surface area contributed by atoms with E-state index in [-0.39, 0.29) is 0 Å². The summed E-state index contributed by atoms with van der Waals surface area (Å²) in [5.41, 5.74) is 3.31. The molecule has 4 nitrogen and oxygen atoms in total. The number of allylic oxidation sites excluding steroid dienone is 4. The molecule has 0 spiro atoms. The van der Waals surface area contributed by atoms with Crippen LogP contribution in [0.3, 0.4) is 0 Å². The van der Waals surface area contributed by atoms with E-state index < -0.39 is 7.12 Å². The van der Waals surface area contributed by atoms with Gasteiger partial charge in [-0.25, -0.2) is 4.58 Å². The molecule has 0 heterocycles. The maximum absolute atomic E-state index is 9.39. The molecule has 0 aliphatic carbocycles. The third kappa shape index (κ3) is 6.18. The van der Waals surface area contributed by atoms with Crippen LogP contribution in [-0.2, 0) is 6.54 Å². The fraction of sp³-hybridized carbons (Fsp3) is 0.222. The van der Waals surface area contributed by atoms with Gasteiger partial charge in [0, 0.05) is 24.9 Å². The molecule has 0 aliphatic rings. The Hall–Kier alpha value is -2.24. The van der Waals surface area contributed by atoms with Gasteiger partial charge >= 0.3 is 7.12 Å². The van der Waals surface area contributed by atoms with Crippen molar-refractivity contribution in [1.82, 2.24) is 0 Å². The normalized spacial score (nSPS) is 12.1. The van der Waals surface area contributed by atoms with E-state index in [1.165, 1.54) is 0 Å². The molecule has 0 amide bonds. The Kier molecular flexibility index (Phi) is 7.95. The number of hydrogen-bond acceptors (Lipinski definition) is 3. The third-order valence-electron chi connectivity index (χ3n) is 3.41. The molecule has 23 heavy (non-hydrogen) atoms. The highest BCUT2D eigenvalue weighted by Crippen LogP contribution is 2.12. The summed E-state index contributed by atoms with van der Waals surface area (Å²) >= 11 is 0. The lowest BCUT2D eigenvalue weighted by Crippen LogP contribution is -2.33. The monoisotopic (exact) mass is 311 g/mol. The second-order valence-corrected chi connectivity index (χ2v) is 5.11. The van der Waals surface area contributed by atoms with Crippen molar-refractivity contribution in [1.29, 1.82) is 0 Å². The predicted octanol–water partition coefficient (Wildman–Crippen LogP) is 1.69. The van der Waals surface area contributed by atoms with Gasteiger partial charge in [-0.1, -0.05) is 37.8 Å². The molecule has 0 atom stereocenters. The minimum absolute atomic E-state index is 0.471. The molecule has 0 aromatic heterocycles. The van der Waals surface area contributed by atoms with Crippen LogP contribution in [0.1, 0.15) is 18.9 Å². The topological polar surface area (TPSA) is 55.8 Å². The number of nitrogens with zero attached hydrogens (tertiary/aromatic N) is 2. The van der Waals surface area contributed by atoms with E-state index in [1.807, 2.05) is 30.5 Å². The van der Waals surface area contributed by atoms with Crippen molar-refractivity contribution in [3.8, 4) is 0 Å². The van der Waals surface area contributed by atoms with E-state index in [9.17, 15) is 10.0 Å². The molecule has 1 aromatic rings. The summed E-state index contributed by atoms with van der Waals surface area (Å²) < 4.78 is 1.73. The largest absolute Gasteiger partial charge is 0.488 e. The molecule has 0 saturated heterocycles. The second-order valence-electron chi connectivity index (χ2n) is 5.11. The van der Waals surface area contributed by atoms with Crippen molar-refractivity contribution >= 4 is 25.5 Å². The Labute approximate surface area is 138 Å². The Bertz CT molecular complexity index is 646. The molecule has 120 valence electrons. The molecule has 0 unspecified atom stereocenters. The minimum atomic E-state index is -1.48. The summed E-state index contributed by atoms with van der Waals surface area (Å²) in [6.45, 7) is 10.5. The van der Waals surface area contributed by atoms with Crippen LogP contribution in [0, 0.1) is 0 Å². The van der Waals surface area contributed by atoms with Crippen LogP contribution in [0.25, 0.3) is 0 Å². The zero-order valence-electron chi connectivity index (χ0n) is 13.8. The quantitative estimate of drug-likeness (QED) is 0.332. The average Bonchev–Trinajstić information content (AvgIpc) is 2.54. The van der Waals surface area contributed by atoms with E-state index in [4.69, 9.17) is 0 Å². The van der Waals surface area contributed by atoms with Gasteiger partial charge in [-0.2, -0.15) is 0 Å². The lowest BCUT2D eigenvalue weighted by molar-refractivity contribution is -0.464. The molecule has 1 rings (SSSR count). The third-order valence-corrected chi connectivity index (χ3v) is 3.41.